The van der Waals surface area contributed by atoms with Crippen LogP contribution in [0.15, 0.2) is 10.6 Å². The number of alkyl halides is 2. The lowest BCUT2D eigenvalue weighted by Gasteiger charge is -2.13. The van der Waals surface area contributed by atoms with Crippen LogP contribution in [0.2, 0.25) is 0 Å². The van der Waals surface area contributed by atoms with Gasteiger partial charge in [-0.3, -0.25) is 4.79 Å². The summed E-state index contributed by atoms with van der Waals surface area (Å²) in [7, 11) is 0. The molecular weight excluding hydrogens is 250 g/mol. The molecule has 0 unspecified atom stereocenters. The van der Waals surface area contributed by atoms with Crippen LogP contribution in [0, 0.1) is 6.92 Å². The van der Waals surface area contributed by atoms with E-state index in [0.29, 0.717) is 5.76 Å². The Labute approximate surface area is 101 Å². The van der Waals surface area contributed by atoms with E-state index in [2.05, 4.69) is 9.72 Å². The van der Waals surface area contributed by atoms with Crippen molar-refractivity contribution >= 4 is 11.9 Å². The third-order valence-corrected chi connectivity index (χ3v) is 1.89. The third kappa shape index (κ3) is 3.25. The van der Waals surface area contributed by atoms with Gasteiger partial charge in [0, 0.05) is 0 Å². The fourth-order valence-corrected chi connectivity index (χ4v) is 1.06. The van der Waals surface area contributed by atoms with Gasteiger partial charge in [-0.05, 0) is 13.8 Å². The first kappa shape index (κ1) is 14.1. The molecule has 100 valence electrons. The van der Waals surface area contributed by atoms with E-state index in [1.807, 2.05) is 5.32 Å². The minimum atomic E-state index is -4.22. The zero-order chi connectivity index (χ0) is 13.8. The fourth-order valence-electron chi connectivity index (χ4n) is 1.06. The summed E-state index contributed by atoms with van der Waals surface area (Å²) in [5, 5.41) is 1.85. The normalized spacial score (nSPS) is 11.1. The lowest BCUT2D eigenvalue weighted by molar-refractivity contribution is -0.177. The van der Waals surface area contributed by atoms with Crippen molar-refractivity contribution in [2.24, 2.45) is 0 Å². The van der Waals surface area contributed by atoms with Gasteiger partial charge in [-0.25, -0.2) is 9.78 Å². The molecule has 0 bridgehead atoms. The molecule has 1 aromatic rings. The number of rotatable bonds is 5. The lowest BCUT2D eigenvalue weighted by Crippen LogP contribution is -2.46. The SMILES string of the molecule is CCOC(=O)C(F)(F)C(=O)NCc1ncc(C)o1. The molecule has 0 radical (unpaired) electrons. The second-order valence-corrected chi connectivity index (χ2v) is 3.34. The van der Waals surface area contributed by atoms with Gasteiger partial charge in [-0.2, -0.15) is 8.78 Å². The van der Waals surface area contributed by atoms with Crippen molar-refractivity contribution in [1.82, 2.24) is 10.3 Å². The summed E-state index contributed by atoms with van der Waals surface area (Å²) in [6.07, 6.45) is 1.38. The van der Waals surface area contributed by atoms with Crippen LogP contribution in [0.25, 0.3) is 0 Å². The fraction of sp³-hybridized carbons (Fsp3) is 0.500. The van der Waals surface area contributed by atoms with Crippen LogP contribution in [0.3, 0.4) is 0 Å². The standard InChI is InChI=1S/C10H12F2N2O4/c1-3-17-9(16)10(11,12)8(15)14-5-7-13-4-6(2)18-7/h4H,3,5H2,1-2H3,(H,14,15). The van der Waals surface area contributed by atoms with Gasteiger partial charge in [0.05, 0.1) is 19.3 Å². The molecule has 0 saturated heterocycles. The number of amides is 1. The highest BCUT2D eigenvalue weighted by molar-refractivity contribution is 6.04. The van der Waals surface area contributed by atoms with E-state index in [-0.39, 0.29) is 19.0 Å². The lowest BCUT2D eigenvalue weighted by atomic mass is 10.3. The number of hydrogen-bond acceptors (Lipinski definition) is 5. The summed E-state index contributed by atoms with van der Waals surface area (Å²) in [6, 6.07) is 0. The van der Waals surface area contributed by atoms with Crippen LogP contribution >= 0.6 is 0 Å². The van der Waals surface area contributed by atoms with Gasteiger partial charge in [0.15, 0.2) is 0 Å². The molecule has 0 fully saturated rings. The predicted molar refractivity (Wildman–Crippen MR) is 54.7 cm³/mol. The average Bonchev–Trinajstić information content (AvgIpc) is 2.72. The van der Waals surface area contributed by atoms with Crippen LogP contribution in [0.5, 0.6) is 0 Å². The third-order valence-electron chi connectivity index (χ3n) is 1.89. The molecule has 0 saturated carbocycles. The number of aromatic nitrogens is 1. The summed E-state index contributed by atoms with van der Waals surface area (Å²) in [5.41, 5.74) is 0. The topological polar surface area (TPSA) is 81.4 Å². The highest BCUT2D eigenvalue weighted by atomic mass is 19.3. The van der Waals surface area contributed by atoms with Crippen molar-refractivity contribution in [3.63, 3.8) is 0 Å². The Hall–Kier alpha value is -1.99. The molecular formula is C10H12F2N2O4. The van der Waals surface area contributed by atoms with E-state index < -0.39 is 17.8 Å². The number of nitrogens with zero attached hydrogens (tertiary/aromatic N) is 1. The number of hydrogen-bond donors (Lipinski definition) is 1. The molecule has 0 aliphatic heterocycles. The van der Waals surface area contributed by atoms with E-state index >= 15 is 0 Å². The van der Waals surface area contributed by atoms with Crippen molar-refractivity contribution < 1.29 is 27.5 Å². The van der Waals surface area contributed by atoms with E-state index in [4.69, 9.17) is 4.42 Å². The highest BCUT2D eigenvalue weighted by Crippen LogP contribution is 2.16. The maximum atomic E-state index is 13.2. The van der Waals surface area contributed by atoms with Crippen molar-refractivity contribution in [3.8, 4) is 0 Å². The minimum Gasteiger partial charge on any atom is -0.461 e. The first-order chi connectivity index (χ1) is 8.37. The number of carbonyl (C=O) groups excluding carboxylic acids is 2. The monoisotopic (exact) mass is 262 g/mol. The van der Waals surface area contributed by atoms with Gasteiger partial charge in [-0.15, -0.1) is 0 Å². The number of esters is 1. The van der Waals surface area contributed by atoms with Crippen LogP contribution < -0.4 is 5.32 Å². The van der Waals surface area contributed by atoms with E-state index in [0.717, 1.165) is 0 Å². The smallest absolute Gasteiger partial charge is 0.418 e. The van der Waals surface area contributed by atoms with Gasteiger partial charge in [0.2, 0.25) is 5.89 Å². The van der Waals surface area contributed by atoms with E-state index in [1.54, 1.807) is 6.92 Å². The van der Waals surface area contributed by atoms with Crippen molar-refractivity contribution in [3.05, 3.63) is 17.8 Å². The van der Waals surface area contributed by atoms with E-state index in [1.165, 1.54) is 13.1 Å². The Balaban J connectivity index is 2.56. The Morgan fingerprint density at radius 1 is 1.56 bits per heavy atom. The largest absolute Gasteiger partial charge is 0.461 e. The maximum Gasteiger partial charge on any atom is 0.418 e. The molecule has 0 aliphatic carbocycles. The van der Waals surface area contributed by atoms with Crippen molar-refractivity contribution in [2.75, 3.05) is 6.61 Å². The second-order valence-electron chi connectivity index (χ2n) is 3.34. The number of ether oxygens (including phenoxy) is 1. The summed E-state index contributed by atoms with van der Waals surface area (Å²) in [5.74, 6) is -7.31. The molecule has 8 heteroatoms. The summed E-state index contributed by atoms with van der Waals surface area (Å²) >= 11 is 0. The molecule has 0 atom stereocenters. The van der Waals surface area contributed by atoms with Crippen molar-refractivity contribution in [2.45, 2.75) is 26.3 Å². The Morgan fingerprint density at radius 3 is 2.72 bits per heavy atom. The van der Waals surface area contributed by atoms with Gasteiger partial charge >= 0.3 is 17.8 Å². The molecule has 6 nitrogen and oxygen atoms in total. The van der Waals surface area contributed by atoms with Gasteiger partial charge in [0.1, 0.15) is 5.76 Å². The second kappa shape index (κ2) is 5.56. The molecule has 1 N–H and O–H groups in total. The first-order valence-electron chi connectivity index (χ1n) is 5.12. The zero-order valence-electron chi connectivity index (χ0n) is 9.83. The number of aryl methyl sites for hydroxylation is 1. The number of halogens is 2. The van der Waals surface area contributed by atoms with Crippen LogP contribution in [0.1, 0.15) is 18.6 Å². The van der Waals surface area contributed by atoms with Crippen LogP contribution in [-0.2, 0) is 20.9 Å². The molecule has 1 heterocycles. The van der Waals surface area contributed by atoms with E-state index in [9.17, 15) is 18.4 Å². The summed E-state index contributed by atoms with van der Waals surface area (Å²) in [6.45, 7) is 2.41. The molecule has 1 aromatic heterocycles. The molecule has 1 rings (SSSR count). The summed E-state index contributed by atoms with van der Waals surface area (Å²) in [4.78, 5) is 25.7. The van der Waals surface area contributed by atoms with Gasteiger partial charge in [0.25, 0.3) is 0 Å². The highest BCUT2D eigenvalue weighted by Gasteiger charge is 2.49. The van der Waals surface area contributed by atoms with Gasteiger partial charge in [-0.1, -0.05) is 0 Å². The Bertz CT molecular complexity index is 445. The number of oxazole rings is 1. The Morgan fingerprint density at radius 2 is 2.22 bits per heavy atom. The molecule has 1 amide bonds. The number of nitrogens with one attached hydrogen (secondary N) is 1. The average molecular weight is 262 g/mol. The van der Waals surface area contributed by atoms with Crippen LogP contribution in [0.4, 0.5) is 8.78 Å². The molecule has 18 heavy (non-hydrogen) atoms. The van der Waals surface area contributed by atoms with Gasteiger partial charge < -0.3 is 14.5 Å². The number of carbonyl (C=O) groups is 2. The predicted octanol–water partition coefficient (Wildman–Crippen LogP) is 0.798. The molecule has 0 spiro atoms. The quantitative estimate of drug-likeness (QED) is 0.627. The summed E-state index contributed by atoms with van der Waals surface area (Å²) < 4.78 is 35.4. The minimum absolute atomic E-state index is 0.0699. The first-order valence-corrected chi connectivity index (χ1v) is 5.12. The molecule has 0 aliphatic rings. The zero-order valence-corrected chi connectivity index (χ0v) is 9.83. The molecule has 0 aromatic carbocycles. The maximum absolute atomic E-state index is 13.2. The van der Waals surface area contributed by atoms with Crippen LogP contribution in [-0.4, -0.2) is 29.4 Å². The van der Waals surface area contributed by atoms with Crippen molar-refractivity contribution in [1.29, 1.82) is 0 Å². The Kier molecular flexibility index (Phi) is 4.35.